The van der Waals surface area contributed by atoms with E-state index in [-0.39, 0.29) is 24.2 Å². The summed E-state index contributed by atoms with van der Waals surface area (Å²) in [4.78, 5) is 36.5. The molecule has 0 saturated carbocycles. The van der Waals surface area contributed by atoms with E-state index in [1.807, 2.05) is 56.0 Å². The van der Waals surface area contributed by atoms with Crippen molar-refractivity contribution in [2.24, 2.45) is 0 Å². The van der Waals surface area contributed by atoms with Gasteiger partial charge in [-0.3, -0.25) is 9.59 Å². The molecule has 33 heavy (non-hydrogen) atoms. The van der Waals surface area contributed by atoms with E-state index in [1.165, 1.54) is 0 Å². The van der Waals surface area contributed by atoms with Gasteiger partial charge in [-0.25, -0.2) is 9.97 Å². The SMILES string of the molecule is Cc1nc([C@@H]2CCCN(C(=O)Cc3c(C)noc3C)C2)ncc1C(=O)NCc1ccccc1. The first kappa shape index (κ1) is 22.6. The Bertz CT molecular complexity index is 1120. The van der Waals surface area contributed by atoms with Gasteiger partial charge in [-0.1, -0.05) is 35.5 Å². The van der Waals surface area contributed by atoms with Crippen LogP contribution in [0.1, 0.15) is 63.2 Å². The third kappa shape index (κ3) is 5.27. The van der Waals surface area contributed by atoms with E-state index in [1.54, 1.807) is 6.20 Å². The lowest BCUT2D eigenvalue weighted by molar-refractivity contribution is -0.131. The lowest BCUT2D eigenvalue weighted by Crippen LogP contribution is -2.40. The molecule has 1 saturated heterocycles. The summed E-state index contributed by atoms with van der Waals surface area (Å²) in [6, 6.07) is 9.76. The average Bonchev–Trinajstić information content (AvgIpc) is 3.15. The molecule has 2 amide bonds. The topological polar surface area (TPSA) is 101 Å². The van der Waals surface area contributed by atoms with Crippen molar-refractivity contribution in [2.45, 2.75) is 52.5 Å². The van der Waals surface area contributed by atoms with Crippen molar-refractivity contribution in [1.29, 1.82) is 0 Å². The maximum atomic E-state index is 12.9. The number of aryl methyl sites for hydroxylation is 3. The maximum absolute atomic E-state index is 12.9. The first-order valence-corrected chi connectivity index (χ1v) is 11.3. The van der Waals surface area contributed by atoms with Gasteiger partial charge in [0.2, 0.25) is 5.91 Å². The molecule has 2 aromatic heterocycles. The van der Waals surface area contributed by atoms with Crippen molar-refractivity contribution in [3.63, 3.8) is 0 Å². The highest BCUT2D eigenvalue weighted by Crippen LogP contribution is 2.26. The van der Waals surface area contributed by atoms with Crippen molar-refractivity contribution in [1.82, 2.24) is 25.3 Å². The Hall–Kier alpha value is -3.55. The smallest absolute Gasteiger partial charge is 0.254 e. The second-order valence-corrected chi connectivity index (χ2v) is 8.55. The first-order valence-electron chi connectivity index (χ1n) is 11.3. The molecule has 1 atom stereocenters. The number of carbonyl (C=O) groups is 2. The van der Waals surface area contributed by atoms with Crippen molar-refractivity contribution in [2.75, 3.05) is 13.1 Å². The van der Waals surface area contributed by atoms with E-state index < -0.39 is 0 Å². The molecule has 8 heteroatoms. The van der Waals surface area contributed by atoms with Crippen molar-refractivity contribution >= 4 is 11.8 Å². The zero-order valence-electron chi connectivity index (χ0n) is 19.3. The third-order valence-corrected chi connectivity index (χ3v) is 6.19. The minimum Gasteiger partial charge on any atom is -0.361 e. The summed E-state index contributed by atoms with van der Waals surface area (Å²) in [5.41, 5.74) is 3.76. The predicted molar refractivity (Wildman–Crippen MR) is 123 cm³/mol. The van der Waals surface area contributed by atoms with Gasteiger partial charge in [0, 0.05) is 37.3 Å². The molecule has 1 N–H and O–H groups in total. The van der Waals surface area contributed by atoms with E-state index in [4.69, 9.17) is 4.52 Å². The standard InChI is InChI=1S/C25H29N5O3/c1-16-22(25(32)27-13-19-8-5-4-6-9-19)14-26-24(28-16)20-10-7-11-30(15-20)23(31)12-21-17(2)29-33-18(21)3/h4-6,8-9,14,20H,7,10-13,15H2,1-3H3,(H,27,32)/t20-/m1/s1. The Balaban J connectivity index is 1.39. The number of rotatable bonds is 6. The van der Waals surface area contributed by atoms with Crippen LogP contribution in [-0.4, -0.2) is 44.9 Å². The number of hydrogen-bond acceptors (Lipinski definition) is 6. The first-order chi connectivity index (χ1) is 15.9. The molecule has 0 spiro atoms. The molecular weight excluding hydrogens is 418 g/mol. The molecule has 8 nitrogen and oxygen atoms in total. The van der Waals surface area contributed by atoms with Crippen LogP contribution in [0.4, 0.5) is 0 Å². The van der Waals surface area contributed by atoms with E-state index in [9.17, 15) is 9.59 Å². The fourth-order valence-corrected chi connectivity index (χ4v) is 4.21. The van der Waals surface area contributed by atoms with Gasteiger partial charge in [0.1, 0.15) is 11.6 Å². The molecule has 172 valence electrons. The van der Waals surface area contributed by atoms with Gasteiger partial charge < -0.3 is 14.7 Å². The Kier molecular flexibility index (Phi) is 6.82. The van der Waals surface area contributed by atoms with Crippen LogP contribution < -0.4 is 5.32 Å². The maximum Gasteiger partial charge on any atom is 0.254 e. The lowest BCUT2D eigenvalue weighted by Gasteiger charge is -2.32. The highest BCUT2D eigenvalue weighted by molar-refractivity contribution is 5.94. The number of nitrogens with zero attached hydrogens (tertiary/aromatic N) is 4. The number of nitrogens with one attached hydrogen (secondary N) is 1. The molecule has 4 rings (SSSR count). The largest absolute Gasteiger partial charge is 0.361 e. The summed E-state index contributed by atoms with van der Waals surface area (Å²) >= 11 is 0. The van der Waals surface area contributed by atoms with E-state index in [0.29, 0.717) is 35.9 Å². The number of hydrogen-bond donors (Lipinski definition) is 1. The van der Waals surface area contributed by atoms with Gasteiger partial charge in [-0.2, -0.15) is 0 Å². The third-order valence-electron chi connectivity index (χ3n) is 6.19. The monoisotopic (exact) mass is 447 g/mol. The van der Waals surface area contributed by atoms with Crippen LogP contribution in [0.5, 0.6) is 0 Å². The molecule has 1 aliphatic rings. The molecule has 3 aromatic rings. The highest BCUT2D eigenvalue weighted by Gasteiger charge is 2.28. The minimum atomic E-state index is -0.192. The van der Waals surface area contributed by atoms with Crippen LogP contribution >= 0.6 is 0 Å². The molecule has 0 radical (unpaired) electrons. The highest BCUT2D eigenvalue weighted by atomic mass is 16.5. The molecule has 1 aromatic carbocycles. The zero-order chi connectivity index (χ0) is 23.4. The van der Waals surface area contributed by atoms with Gasteiger partial charge in [0.15, 0.2) is 0 Å². The molecule has 1 aliphatic heterocycles. The summed E-state index contributed by atoms with van der Waals surface area (Å²) in [5.74, 6) is 1.29. The Morgan fingerprint density at radius 1 is 1.15 bits per heavy atom. The van der Waals surface area contributed by atoms with Gasteiger partial charge in [-0.15, -0.1) is 0 Å². The van der Waals surface area contributed by atoms with Crippen molar-refractivity contribution in [3.8, 4) is 0 Å². The number of amides is 2. The van der Waals surface area contributed by atoms with Crippen LogP contribution in [0.25, 0.3) is 0 Å². The number of piperidine rings is 1. The van der Waals surface area contributed by atoms with Crippen molar-refractivity contribution in [3.05, 3.63) is 76.2 Å². The number of benzene rings is 1. The van der Waals surface area contributed by atoms with E-state index in [2.05, 4.69) is 20.4 Å². The summed E-state index contributed by atoms with van der Waals surface area (Å²) in [7, 11) is 0. The van der Waals surface area contributed by atoms with Crippen LogP contribution in [0.2, 0.25) is 0 Å². The molecule has 3 heterocycles. The second-order valence-electron chi connectivity index (χ2n) is 8.55. The molecule has 0 aliphatic carbocycles. The number of likely N-dealkylation sites (tertiary alicyclic amines) is 1. The fourth-order valence-electron chi connectivity index (χ4n) is 4.21. The summed E-state index contributed by atoms with van der Waals surface area (Å²) in [6.07, 6.45) is 3.69. The van der Waals surface area contributed by atoms with Crippen LogP contribution in [0, 0.1) is 20.8 Å². The summed E-state index contributed by atoms with van der Waals surface area (Å²) in [6.45, 7) is 7.25. The predicted octanol–water partition coefficient (Wildman–Crippen LogP) is 3.27. The lowest BCUT2D eigenvalue weighted by atomic mass is 9.96. The van der Waals surface area contributed by atoms with Crippen LogP contribution in [-0.2, 0) is 17.8 Å². The molecule has 1 fully saturated rings. The van der Waals surface area contributed by atoms with E-state index >= 15 is 0 Å². The van der Waals surface area contributed by atoms with Gasteiger partial charge in [0.05, 0.1) is 23.4 Å². The summed E-state index contributed by atoms with van der Waals surface area (Å²) in [5, 5.41) is 6.86. The van der Waals surface area contributed by atoms with Gasteiger partial charge in [0.25, 0.3) is 5.91 Å². The van der Waals surface area contributed by atoms with E-state index in [0.717, 1.165) is 36.2 Å². The molecule has 0 bridgehead atoms. The quantitative estimate of drug-likeness (QED) is 0.622. The van der Waals surface area contributed by atoms with Crippen LogP contribution in [0.15, 0.2) is 41.1 Å². The molecule has 0 unspecified atom stereocenters. The Morgan fingerprint density at radius 2 is 1.94 bits per heavy atom. The summed E-state index contributed by atoms with van der Waals surface area (Å²) < 4.78 is 5.19. The second kappa shape index (κ2) is 9.94. The number of carbonyl (C=O) groups excluding carboxylic acids is 2. The average molecular weight is 448 g/mol. The Labute approximate surface area is 193 Å². The normalized spacial score (nSPS) is 16.0. The van der Waals surface area contributed by atoms with Gasteiger partial charge in [-0.05, 0) is 39.2 Å². The zero-order valence-corrected chi connectivity index (χ0v) is 19.3. The van der Waals surface area contributed by atoms with Gasteiger partial charge >= 0.3 is 0 Å². The molecular formula is C25H29N5O3. The number of aromatic nitrogens is 3. The van der Waals surface area contributed by atoms with Crippen LogP contribution in [0.3, 0.4) is 0 Å². The van der Waals surface area contributed by atoms with Crippen molar-refractivity contribution < 1.29 is 14.1 Å². The fraction of sp³-hybridized carbons (Fsp3) is 0.400. The minimum absolute atomic E-state index is 0.0486. The Morgan fingerprint density at radius 3 is 2.64 bits per heavy atom.